The quantitative estimate of drug-likeness (QED) is 0.0419. The van der Waals surface area contributed by atoms with Gasteiger partial charge in [-0.05, 0) is 51.0 Å². The first-order valence-electron chi connectivity index (χ1n) is 17.4. The van der Waals surface area contributed by atoms with Crippen molar-refractivity contribution in [1.29, 1.82) is 0 Å². The number of hydrogen-bond donors (Lipinski definition) is 13. The van der Waals surface area contributed by atoms with Gasteiger partial charge in [-0.3, -0.25) is 48.1 Å². The lowest BCUT2D eigenvalue weighted by molar-refractivity contribution is -0.136. The summed E-state index contributed by atoms with van der Waals surface area (Å²) in [5, 5.41) is 26.8. The van der Waals surface area contributed by atoms with Gasteiger partial charge < -0.3 is 71.0 Å². The number of nitrogens with one attached hydrogen (secondary N) is 7. The third-order valence-corrected chi connectivity index (χ3v) is 8.01. The van der Waals surface area contributed by atoms with Crippen LogP contribution < -0.4 is 65.9 Å². The van der Waals surface area contributed by atoms with Crippen LogP contribution in [0.1, 0.15) is 65.2 Å². The summed E-state index contributed by atoms with van der Waals surface area (Å²) < 4.78 is 0. The van der Waals surface area contributed by atoms with E-state index in [0.29, 0.717) is 12.8 Å². The van der Waals surface area contributed by atoms with Crippen LogP contribution in [-0.4, -0.2) is 127 Å². The molecule has 0 saturated carbocycles. The average Bonchev–Trinajstić information content (AvgIpc) is 3.09. The summed E-state index contributed by atoms with van der Waals surface area (Å²) in [4.78, 5) is 121. The molecule has 1 fully saturated rings. The highest BCUT2D eigenvalue weighted by molar-refractivity contribution is 5.99. The number of aliphatic imine (C=N–C) groups is 1. The number of carbonyl (C=O) groups is 9. The number of carbonyl (C=O) groups excluding carboxylic acids is 9. The molecule has 23 heteroatoms. The molecule has 9 amide bonds. The van der Waals surface area contributed by atoms with Crippen molar-refractivity contribution in [2.75, 3.05) is 26.2 Å². The summed E-state index contributed by atoms with van der Waals surface area (Å²) in [6.45, 7) is 1.72. The van der Waals surface area contributed by atoms with Gasteiger partial charge in [0.2, 0.25) is 53.2 Å². The molecular weight excluding hydrogens is 714 g/mol. The van der Waals surface area contributed by atoms with E-state index in [1.807, 2.05) is 0 Å². The molecule has 54 heavy (non-hydrogen) atoms. The highest BCUT2D eigenvalue weighted by Gasteiger charge is 2.35. The first kappa shape index (κ1) is 46.4. The molecule has 1 heterocycles. The van der Waals surface area contributed by atoms with Crippen LogP contribution in [0.5, 0.6) is 0 Å². The largest absolute Gasteiger partial charge is 0.394 e. The molecule has 0 bridgehead atoms. The van der Waals surface area contributed by atoms with E-state index in [1.54, 1.807) is 13.8 Å². The molecular formula is C31H55N13O10. The number of aliphatic hydroxyl groups excluding tert-OH is 1. The lowest BCUT2D eigenvalue weighted by Crippen LogP contribution is -2.60. The Hall–Kier alpha value is -5.58. The van der Waals surface area contributed by atoms with Gasteiger partial charge in [0.1, 0.15) is 36.3 Å². The van der Waals surface area contributed by atoms with E-state index >= 15 is 0 Å². The van der Waals surface area contributed by atoms with Crippen LogP contribution in [0, 0.1) is 5.92 Å². The number of rotatable bonds is 15. The number of nitrogens with zero attached hydrogens (tertiary/aromatic N) is 1. The van der Waals surface area contributed by atoms with Crippen molar-refractivity contribution in [3.05, 3.63) is 0 Å². The van der Waals surface area contributed by atoms with Gasteiger partial charge in [0.25, 0.3) is 0 Å². The van der Waals surface area contributed by atoms with Crippen molar-refractivity contribution in [2.24, 2.45) is 39.6 Å². The zero-order chi connectivity index (χ0) is 41.0. The number of primary amides is 2. The predicted octanol–water partition coefficient (Wildman–Crippen LogP) is -7.00. The van der Waals surface area contributed by atoms with Gasteiger partial charge >= 0.3 is 0 Å². The Morgan fingerprint density at radius 2 is 1.19 bits per heavy atom. The Kier molecular flexibility index (Phi) is 20.5. The second-order valence-electron chi connectivity index (χ2n) is 12.9. The molecule has 1 aliphatic rings. The summed E-state index contributed by atoms with van der Waals surface area (Å²) in [5.41, 5.74) is 26.9. The second-order valence-corrected chi connectivity index (χ2v) is 12.9. The standard InChI is InChI=1S/C31H55N13O10/c1-15(2)24-30(54)42-19(12-22(34)47)25(49)38-13-23(48)39-18(8-9-21(33)46)27(51)40-17(7-5-11-37-31(35)36)26(50)43-20(14-45)29(53)41-16(28(52)44-24)6-3-4-10-32/h15-20,24,45H,3-14,32H2,1-2H3,(H2,33,46)(H2,34,47)(H,38,49)(H,39,48)(H,40,51)(H,41,53)(H,42,54)(H,43,50)(H,44,52)(H4,35,36,37)/t16-,17-,18-,19-,20-,24-/m0/s1. The van der Waals surface area contributed by atoms with Crippen molar-refractivity contribution in [3.63, 3.8) is 0 Å². The molecule has 0 radical (unpaired) electrons. The predicted molar refractivity (Wildman–Crippen MR) is 192 cm³/mol. The van der Waals surface area contributed by atoms with Crippen molar-refractivity contribution in [3.8, 4) is 0 Å². The zero-order valence-electron chi connectivity index (χ0n) is 30.5. The van der Waals surface area contributed by atoms with Gasteiger partial charge in [-0.25, -0.2) is 0 Å². The van der Waals surface area contributed by atoms with Gasteiger partial charge in [-0.1, -0.05) is 13.8 Å². The number of aliphatic hydroxyl groups is 1. The van der Waals surface area contributed by atoms with Crippen molar-refractivity contribution in [2.45, 2.75) is 101 Å². The number of guanidine groups is 1. The molecule has 23 nitrogen and oxygen atoms in total. The van der Waals surface area contributed by atoms with Crippen LogP contribution in [0.25, 0.3) is 0 Å². The van der Waals surface area contributed by atoms with E-state index < -0.39 is 115 Å². The molecule has 1 aliphatic heterocycles. The molecule has 0 spiro atoms. The number of nitrogens with two attached hydrogens (primary N) is 5. The molecule has 1 saturated heterocycles. The first-order valence-corrected chi connectivity index (χ1v) is 17.4. The number of hydrogen-bond acceptors (Lipinski definition) is 12. The normalized spacial score (nSPS) is 24.0. The maximum atomic E-state index is 13.6. The fourth-order valence-corrected chi connectivity index (χ4v) is 5.10. The van der Waals surface area contributed by atoms with Gasteiger partial charge in [-0.15, -0.1) is 0 Å². The summed E-state index contributed by atoms with van der Waals surface area (Å²) in [6, 6.07) is -8.78. The van der Waals surface area contributed by atoms with Crippen LogP contribution in [0.2, 0.25) is 0 Å². The monoisotopic (exact) mass is 769 g/mol. The molecule has 0 aliphatic carbocycles. The highest BCUT2D eigenvalue weighted by Crippen LogP contribution is 2.09. The van der Waals surface area contributed by atoms with E-state index in [0.717, 1.165) is 0 Å². The Labute approximate surface area is 311 Å². The number of amides is 9. The summed E-state index contributed by atoms with van der Waals surface area (Å²) in [7, 11) is 0. The van der Waals surface area contributed by atoms with E-state index in [-0.39, 0.29) is 51.2 Å². The number of unbranched alkanes of at least 4 members (excludes halogenated alkanes) is 1. The van der Waals surface area contributed by atoms with Crippen LogP contribution >= 0.6 is 0 Å². The Balaban J connectivity index is 3.69. The summed E-state index contributed by atoms with van der Waals surface area (Å²) >= 11 is 0. The topological polar surface area (TPSA) is 401 Å². The van der Waals surface area contributed by atoms with Crippen LogP contribution in [-0.2, 0) is 43.2 Å². The molecule has 0 aromatic heterocycles. The van der Waals surface area contributed by atoms with Crippen molar-refractivity contribution < 1.29 is 48.3 Å². The van der Waals surface area contributed by atoms with E-state index in [4.69, 9.17) is 28.7 Å². The Morgan fingerprint density at radius 3 is 1.70 bits per heavy atom. The minimum Gasteiger partial charge on any atom is -0.394 e. The molecule has 0 aromatic rings. The van der Waals surface area contributed by atoms with Gasteiger partial charge in [0, 0.05) is 13.0 Å². The lowest BCUT2D eigenvalue weighted by Gasteiger charge is -2.28. The molecule has 1 rings (SSSR count). The second kappa shape index (κ2) is 23.9. The van der Waals surface area contributed by atoms with Crippen molar-refractivity contribution >= 4 is 59.1 Å². The third-order valence-electron chi connectivity index (χ3n) is 8.01. The van der Waals surface area contributed by atoms with Crippen molar-refractivity contribution in [1.82, 2.24) is 37.2 Å². The smallest absolute Gasteiger partial charge is 0.245 e. The van der Waals surface area contributed by atoms with Gasteiger partial charge in [-0.2, -0.15) is 0 Å². The maximum Gasteiger partial charge on any atom is 0.245 e. The minimum absolute atomic E-state index is 0.0250. The molecule has 0 unspecified atom stereocenters. The van der Waals surface area contributed by atoms with Crippen LogP contribution in [0.3, 0.4) is 0 Å². The van der Waals surface area contributed by atoms with E-state index in [9.17, 15) is 48.3 Å². The Morgan fingerprint density at radius 1 is 0.667 bits per heavy atom. The van der Waals surface area contributed by atoms with Gasteiger partial charge in [0.05, 0.1) is 19.6 Å². The molecule has 304 valence electrons. The average molecular weight is 770 g/mol. The minimum atomic E-state index is -1.64. The first-order chi connectivity index (χ1) is 25.4. The maximum absolute atomic E-state index is 13.6. The fourth-order valence-electron chi connectivity index (χ4n) is 5.10. The van der Waals surface area contributed by atoms with Crippen LogP contribution in [0.4, 0.5) is 0 Å². The molecule has 18 N–H and O–H groups in total. The fraction of sp³-hybridized carbons (Fsp3) is 0.677. The SMILES string of the molecule is CC(C)[C@@H]1NC(=O)[C@H](CCCCN)NC(=O)[C@H](CO)NC(=O)[C@H](CCCN=C(N)N)NC(=O)[C@H](CCC(N)=O)NC(=O)CNC(=O)[C@H](CC(N)=O)NC1=O. The summed E-state index contributed by atoms with van der Waals surface area (Å²) in [6.07, 6.45) is -0.602. The zero-order valence-corrected chi connectivity index (χ0v) is 30.5. The Bertz CT molecular complexity index is 1390. The summed E-state index contributed by atoms with van der Waals surface area (Å²) in [5.74, 6) is -9.29. The lowest BCUT2D eigenvalue weighted by atomic mass is 10.0. The van der Waals surface area contributed by atoms with Gasteiger partial charge in [0.15, 0.2) is 5.96 Å². The highest BCUT2D eigenvalue weighted by atomic mass is 16.3. The van der Waals surface area contributed by atoms with E-state index in [2.05, 4.69) is 42.2 Å². The van der Waals surface area contributed by atoms with E-state index in [1.165, 1.54) is 0 Å². The molecule has 0 aromatic carbocycles. The van der Waals surface area contributed by atoms with Crippen LogP contribution in [0.15, 0.2) is 4.99 Å². The molecule has 6 atom stereocenters. The third kappa shape index (κ3) is 17.3.